The van der Waals surface area contributed by atoms with Crippen molar-refractivity contribution < 1.29 is 22.9 Å². The zero-order chi connectivity index (χ0) is 26.0. The predicted molar refractivity (Wildman–Crippen MR) is 135 cm³/mol. The van der Waals surface area contributed by atoms with Crippen molar-refractivity contribution in [3.05, 3.63) is 70.3 Å². The number of non-ortho nitro benzene ring substituents is 1. The van der Waals surface area contributed by atoms with Crippen LogP contribution in [-0.4, -0.2) is 62.0 Å². The number of carbonyl (C=O) groups excluding carboxylic acids is 2. The quantitative estimate of drug-likeness (QED) is 0.254. The van der Waals surface area contributed by atoms with Gasteiger partial charge in [0.15, 0.2) is 0 Å². The summed E-state index contributed by atoms with van der Waals surface area (Å²) in [5, 5.41) is 14.0. The second-order valence-electron chi connectivity index (χ2n) is 8.19. The van der Waals surface area contributed by atoms with Crippen LogP contribution in [0.3, 0.4) is 0 Å². The number of nitro benzene ring substituents is 1. The van der Waals surface area contributed by atoms with Crippen molar-refractivity contribution in [3.8, 4) is 0 Å². The van der Waals surface area contributed by atoms with E-state index in [1.807, 2.05) is 37.3 Å². The van der Waals surface area contributed by atoms with Crippen molar-refractivity contribution in [2.24, 2.45) is 0 Å². The fourth-order valence-electron chi connectivity index (χ4n) is 3.48. The standard InChI is InChI=1S/C24H32N4O6S/c1-4-5-15-25-24(30)19(2)26(16-14-20-10-7-6-8-11-20)23(29)18-27(35(3,33)34)21-12-9-13-22(17-21)28(31)32/h6-13,17,19H,4-5,14-16,18H2,1-3H3,(H,25,30)/t19-/m0/s1. The van der Waals surface area contributed by atoms with Gasteiger partial charge in [-0.3, -0.25) is 24.0 Å². The Hall–Kier alpha value is -3.47. The first kappa shape index (κ1) is 27.8. The Bertz CT molecular complexity index is 1120. The fourth-order valence-corrected chi connectivity index (χ4v) is 4.32. The number of rotatable bonds is 13. The molecule has 11 heteroatoms. The third kappa shape index (κ3) is 8.36. The van der Waals surface area contributed by atoms with Crippen LogP contribution < -0.4 is 9.62 Å². The average Bonchev–Trinajstić information content (AvgIpc) is 2.82. The van der Waals surface area contributed by atoms with Gasteiger partial charge in [-0.25, -0.2) is 8.42 Å². The molecule has 0 saturated carbocycles. The SMILES string of the molecule is CCCCNC(=O)[C@H](C)N(CCc1ccccc1)C(=O)CN(c1cccc([N+](=O)[O-])c1)S(C)(=O)=O. The third-order valence-electron chi connectivity index (χ3n) is 5.49. The molecule has 0 fully saturated rings. The summed E-state index contributed by atoms with van der Waals surface area (Å²) in [6, 6.07) is 13.7. The lowest BCUT2D eigenvalue weighted by Crippen LogP contribution is -2.52. The molecule has 0 aromatic heterocycles. The van der Waals surface area contributed by atoms with E-state index >= 15 is 0 Å². The van der Waals surface area contributed by atoms with Gasteiger partial charge in [0.1, 0.15) is 12.6 Å². The van der Waals surface area contributed by atoms with E-state index in [-0.39, 0.29) is 23.8 Å². The number of nitro groups is 1. The zero-order valence-corrected chi connectivity index (χ0v) is 21.0. The summed E-state index contributed by atoms with van der Waals surface area (Å²) < 4.78 is 25.9. The largest absolute Gasteiger partial charge is 0.354 e. The van der Waals surface area contributed by atoms with Gasteiger partial charge in [-0.05, 0) is 31.4 Å². The van der Waals surface area contributed by atoms with Crippen LogP contribution in [0, 0.1) is 10.1 Å². The minimum Gasteiger partial charge on any atom is -0.354 e. The predicted octanol–water partition coefficient (Wildman–Crippen LogP) is 2.74. The van der Waals surface area contributed by atoms with E-state index in [0.717, 1.165) is 35.0 Å². The first-order valence-electron chi connectivity index (χ1n) is 11.4. The number of amides is 2. The molecule has 1 N–H and O–H groups in total. The highest BCUT2D eigenvalue weighted by Gasteiger charge is 2.30. The lowest BCUT2D eigenvalue weighted by atomic mass is 10.1. The van der Waals surface area contributed by atoms with Crippen LogP contribution in [-0.2, 0) is 26.0 Å². The Morgan fingerprint density at radius 2 is 1.80 bits per heavy atom. The van der Waals surface area contributed by atoms with Crippen molar-refractivity contribution in [2.75, 3.05) is 30.2 Å². The molecule has 0 unspecified atom stereocenters. The summed E-state index contributed by atoms with van der Waals surface area (Å²) in [7, 11) is -3.96. The van der Waals surface area contributed by atoms with Gasteiger partial charge in [-0.2, -0.15) is 0 Å². The minimum absolute atomic E-state index is 0.00175. The van der Waals surface area contributed by atoms with Gasteiger partial charge in [0, 0.05) is 25.2 Å². The molecule has 35 heavy (non-hydrogen) atoms. The van der Waals surface area contributed by atoms with Crippen molar-refractivity contribution in [3.63, 3.8) is 0 Å². The number of unbranched alkanes of at least 4 members (excludes halogenated alkanes) is 1. The fraction of sp³-hybridized carbons (Fsp3) is 0.417. The number of benzene rings is 2. The van der Waals surface area contributed by atoms with Crippen LogP contribution in [0.4, 0.5) is 11.4 Å². The van der Waals surface area contributed by atoms with Gasteiger partial charge >= 0.3 is 0 Å². The molecule has 0 spiro atoms. The topological polar surface area (TPSA) is 130 Å². The monoisotopic (exact) mass is 504 g/mol. The maximum absolute atomic E-state index is 13.4. The zero-order valence-electron chi connectivity index (χ0n) is 20.2. The second kappa shape index (κ2) is 12.8. The lowest BCUT2D eigenvalue weighted by Gasteiger charge is -2.31. The van der Waals surface area contributed by atoms with Crippen LogP contribution in [0.2, 0.25) is 0 Å². The molecule has 0 bridgehead atoms. The molecular weight excluding hydrogens is 472 g/mol. The normalized spacial score (nSPS) is 12.0. The summed E-state index contributed by atoms with van der Waals surface area (Å²) >= 11 is 0. The highest BCUT2D eigenvalue weighted by Crippen LogP contribution is 2.23. The van der Waals surface area contributed by atoms with E-state index < -0.39 is 33.4 Å². The summed E-state index contributed by atoms with van der Waals surface area (Å²) in [5.41, 5.74) is 0.661. The summed E-state index contributed by atoms with van der Waals surface area (Å²) in [6.07, 6.45) is 3.09. The molecule has 2 aromatic rings. The molecule has 10 nitrogen and oxygen atoms in total. The molecule has 0 heterocycles. The van der Waals surface area contributed by atoms with Gasteiger partial charge < -0.3 is 10.2 Å². The molecule has 190 valence electrons. The van der Waals surface area contributed by atoms with E-state index in [4.69, 9.17) is 0 Å². The highest BCUT2D eigenvalue weighted by atomic mass is 32.2. The number of carbonyl (C=O) groups is 2. The second-order valence-corrected chi connectivity index (χ2v) is 10.1. The number of hydrogen-bond acceptors (Lipinski definition) is 6. The Balaban J connectivity index is 2.31. The molecule has 2 aromatic carbocycles. The highest BCUT2D eigenvalue weighted by molar-refractivity contribution is 7.92. The van der Waals surface area contributed by atoms with Gasteiger partial charge in [-0.15, -0.1) is 0 Å². The minimum atomic E-state index is -3.96. The van der Waals surface area contributed by atoms with Crippen molar-refractivity contribution in [2.45, 2.75) is 39.2 Å². The van der Waals surface area contributed by atoms with Gasteiger partial charge in [0.05, 0.1) is 16.9 Å². The Labute approximate surface area is 206 Å². The molecule has 0 aliphatic carbocycles. The number of hydrogen-bond donors (Lipinski definition) is 1. The number of nitrogens with one attached hydrogen (secondary N) is 1. The average molecular weight is 505 g/mol. The number of sulfonamides is 1. The summed E-state index contributed by atoms with van der Waals surface area (Å²) in [6.45, 7) is 3.67. The van der Waals surface area contributed by atoms with E-state index in [9.17, 15) is 28.1 Å². The molecule has 0 aliphatic heterocycles. The van der Waals surface area contributed by atoms with Crippen LogP contribution in [0.5, 0.6) is 0 Å². The Morgan fingerprint density at radius 1 is 1.11 bits per heavy atom. The van der Waals surface area contributed by atoms with Gasteiger partial charge in [0.25, 0.3) is 5.69 Å². The van der Waals surface area contributed by atoms with Crippen LogP contribution >= 0.6 is 0 Å². The third-order valence-corrected chi connectivity index (χ3v) is 6.63. The lowest BCUT2D eigenvalue weighted by molar-refractivity contribution is -0.384. The molecule has 2 rings (SSSR count). The number of nitrogens with zero attached hydrogens (tertiary/aromatic N) is 3. The van der Waals surface area contributed by atoms with Crippen molar-refractivity contribution in [1.29, 1.82) is 0 Å². The van der Waals surface area contributed by atoms with E-state index in [2.05, 4.69) is 5.32 Å². The van der Waals surface area contributed by atoms with E-state index in [1.165, 1.54) is 23.1 Å². The molecule has 2 amide bonds. The van der Waals surface area contributed by atoms with Crippen LogP contribution in [0.25, 0.3) is 0 Å². The van der Waals surface area contributed by atoms with E-state index in [0.29, 0.717) is 13.0 Å². The van der Waals surface area contributed by atoms with Gasteiger partial charge in [0.2, 0.25) is 21.8 Å². The first-order valence-corrected chi connectivity index (χ1v) is 13.2. The Morgan fingerprint density at radius 3 is 2.40 bits per heavy atom. The maximum atomic E-state index is 13.4. The Kier molecular flexibility index (Phi) is 10.2. The van der Waals surface area contributed by atoms with Gasteiger partial charge in [-0.1, -0.05) is 49.7 Å². The summed E-state index contributed by atoms with van der Waals surface area (Å²) in [4.78, 5) is 38.0. The molecule has 1 atom stereocenters. The maximum Gasteiger partial charge on any atom is 0.271 e. The summed E-state index contributed by atoms with van der Waals surface area (Å²) in [5.74, 6) is -0.919. The van der Waals surface area contributed by atoms with E-state index in [1.54, 1.807) is 6.92 Å². The van der Waals surface area contributed by atoms with Crippen LogP contribution in [0.1, 0.15) is 32.3 Å². The molecule has 0 aliphatic rings. The van der Waals surface area contributed by atoms with Crippen molar-refractivity contribution in [1.82, 2.24) is 10.2 Å². The first-order chi connectivity index (χ1) is 16.5. The van der Waals surface area contributed by atoms with Crippen LogP contribution in [0.15, 0.2) is 54.6 Å². The molecule has 0 radical (unpaired) electrons. The number of anilines is 1. The molecule has 0 saturated heterocycles. The molecular formula is C24H32N4O6S. The van der Waals surface area contributed by atoms with Crippen molar-refractivity contribution >= 4 is 33.2 Å². The smallest absolute Gasteiger partial charge is 0.271 e.